The lowest BCUT2D eigenvalue weighted by Gasteiger charge is -2.09. The van der Waals surface area contributed by atoms with E-state index >= 15 is 0 Å². The van der Waals surface area contributed by atoms with E-state index in [0.29, 0.717) is 0 Å². The van der Waals surface area contributed by atoms with Crippen LogP contribution in [0.25, 0.3) is 0 Å². The summed E-state index contributed by atoms with van der Waals surface area (Å²) in [4.78, 5) is 12.5. The van der Waals surface area contributed by atoms with Gasteiger partial charge in [-0.15, -0.1) is 0 Å². The fourth-order valence-corrected chi connectivity index (χ4v) is 2.06. The van der Waals surface area contributed by atoms with Gasteiger partial charge in [0.25, 0.3) is 0 Å². The maximum absolute atomic E-state index is 12.5. The molecule has 0 amide bonds. The number of hydrogen-bond donors (Lipinski definition) is 0. The molecule has 19 heavy (non-hydrogen) atoms. The highest BCUT2D eigenvalue weighted by molar-refractivity contribution is 6.10. The van der Waals surface area contributed by atoms with E-state index in [0.717, 1.165) is 28.0 Å². The molecule has 2 nitrogen and oxygen atoms in total. The van der Waals surface area contributed by atoms with Gasteiger partial charge in [0.1, 0.15) is 5.75 Å². The minimum absolute atomic E-state index is 0.0586. The zero-order valence-corrected chi connectivity index (χ0v) is 11.8. The predicted molar refractivity (Wildman–Crippen MR) is 77.1 cm³/mol. The molecule has 2 rings (SSSR count). The van der Waals surface area contributed by atoms with Crippen LogP contribution in [0.15, 0.2) is 36.4 Å². The Morgan fingerprint density at radius 3 is 2.21 bits per heavy atom. The third kappa shape index (κ3) is 2.68. The number of carbonyl (C=O) groups is 1. The summed E-state index contributed by atoms with van der Waals surface area (Å²) < 4.78 is 5.16. The van der Waals surface area contributed by atoms with Crippen LogP contribution in [0.5, 0.6) is 5.75 Å². The van der Waals surface area contributed by atoms with Gasteiger partial charge in [0.15, 0.2) is 5.78 Å². The van der Waals surface area contributed by atoms with E-state index in [4.69, 9.17) is 4.74 Å². The Balaban J connectivity index is 2.41. The number of methoxy groups -OCH3 is 1. The second-order valence-electron chi connectivity index (χ2n) is 4.81. The molecular weight excluding hydrogens is 236 g/mol. The first-order valence-corrected chi connectivity index (χ1v) is 6.29. The molecule has 0 saturated heterocycles. The predicted octanol–water partition coefficient (Wildman–Crippen LogP) is 3.85. The number of aryl methyl sites for hydroxylation is 3. The van der Waals surface area contributed by atoms with Gasteiger partial charge in [0, 0.05) is 11.1 Å². The lowest BCUT2D eigenvalue weighted by molar-refractivity contribution is 0.103. The summed E-state index contributed by atoms with van der Waals surface area (Å²) in [5.74, 6) is 0.831. The molecule has 0 fully saturated rings. The number of ketones is 1. The highest BCUT2D eigenvalue weighted by atomic mass is 16.5. The highest BCUT2D eigenvalue weighted by Gasteiger charge is 2.12. The minimum Gasteiger partial charge on any atom is -0.497 e. The second-order valence-corrected chi connectivity index (χ2v) is 4.81. The number of benzene rings is 2. The van der Waals surface area contributed by atoms with Crippen molar-refractivity contribution < 1.29 is 9.53 Å². The van der Waals surface area contributed by atoms with Crippen molar-refractivity contribution in [1.29, 1.82) is 0 Å². The van der Waals surface area contributed by atoms with Gasteiger partial charge in [-0.2, -0.15) is 0 Å². The zero-order chi connectivity index (χ0) is 14.0. The molecule has 98 valence electrons. The standard InChI is InChI=1S/C17H18O2/c1-11-5-6-14(9-12(11)2)17(18)16-8-7-15(19-4)10-13(16)3/h5-10H,1-4H3. The summed E-state index contributed by atoms with van der Waals surface area (Å²) >= 11 is 0. The van der Waals surface area contributed by atoms with Crippen molar-refractivity contribution in [1.82, 2.24) is 0 Å². The molecule has 0 aliphatic rings. The van der Waals surface area contributed by atoms with E-state index in [9.17, 15) is 4.79 Å². The smallest absolute Gasteiger partial charge is 0.193 e. The van der Waals surface area contributed by atoms with Crippen molar-refractivity contribution in [2.24, 2.45) is 0 Å². The molecule has 0 aromatic heterocycles. The average Bonchev–Trinajstić information content (AvgIpc) is 2.41. The van der Waals surface area contributed by atoms with Crippen molar-refractivity contribution in [2.75, 3.05) is 7.11 Å². The minimum atomic E-state index is 0.0586. The van der Waals surface area contributed by atoms with Gasteiger partial charge >= 0.3 is 0 Å². The van der Waals surface area contributed by atoms with Crippen LogP contribution in [0.3, 0.4) is 0 Å². The van der Waals surface area contributed by atoms with Gasteiger partial charge < -0.3 is 4.74 Å². The Morgan fingerprint density at radius 1 is 0.895 bits per heavy atom. The number of hydrogen-bond acceptors (Lipinski definition) is 2. The molecule has 0 bridgehead atoms. The molecule has 0 unspecified atom stereocenters. The van der Waals surface area contributed by atoms with Crippen LogP contribution in [0.4, 0.5) is 0 Å². The quantitative estimate of drug-likeness (QED) is 0.778. The van der Waals surface area contributed by atoms with Crippen LogP contribution in [-0.4, -0.2) is 12.9 Å². The van der Waals surface area contributed by atoms with Crippen LogP contribution in [0.1, 0.15) is 32.6 Å². The van der Waals surface area contributed by atoms with E-state index in [1.54, 1.807) is 7.11 Å². The molecule has 0 atom stereocenters. The van der Waals surface area contributed by atoms with Crippen molar-refractivity contribution in [3.8, 4) is 5.75 Å². The normalized spacial score (nSPS) is 10.3. The molecule has 0 spiro atoms. The first-order valence-electron chi connectivity index (χ1n) is 6.29. The molecule has 0 heterocycles. The fraction of sp³-hybridized carbons (Fsp3) is 0.235. The fourth-order valence-electron chi connectivity index (χ4n) is 2.06. The van der Waals surface area contributed by atoms with Crippen molar-refractivity contribution in [2.45, 2.75) is 20.8 Å². The third-order valence-corrected chi connectivity index (χ3v) is 3.45. The maximum Gasteiger partial charge on any atom is 0.193 e. The molecular formula is C17H18O2. The molecule has 2 aromatic carbocycles. The highest BCUT2D eigenvalue weighted by Crippen LogP contribution is 2.21. The van der Waals surface area contributed by atoms with E-state index in [2.05, 4.69) is 0 Å². The molecule has 0 N–H and O–H groups in total. The lowest BCUT2D eigenvalue weighted by Crippen LogP contribution is -2.04. The van der Waals surface area contributed by atoms with Crippen LogP contribution in [0.2, 0.25) is 0 Å². The Morgan fingerprint density at radius 2 is 1.63 bits per heavy atom. The second kappa shape index (κ2) is 5.27. The number of carbonyl (C=O) groups excluding carboxylic acids is 1. The van der Waals surface area contributed by atoms with Gasteiger partial charge in [0.2, 0.25) is 0 Å². The molecule has 2 heteroatoms. The van der Waals surface area contributed by atoms with Gasteiger partial charge in [-0.1, -0.05) is 12.1 Å². The Bertz CT molecular complexity index is 627. The van der Waals surface area contributed by atoms with Crippen LogP contribution in [-0.2, 0) is 0 Å². The van der Waals surface area contributed by atoms with Gasteiger partial charge in [-0.05, 0) is 61.7 Å². The molecule has 0 aliphatic heterocycles. The molecule has 0 radical (unpaired) electrons. The van der Waals surface area contributed by atoms with Crippen LogP contribution in [0, 0.1) is 20.8 Å². The molecule has 2 aromatic rings. The Hall–Kier alpha value is -2.09. The number of rotatable bonds is 3. The topological polar surface area (TPSA) is 26.3 Å². The Labute approximate surface area is 114 Å². The largest absolute Gasteiger partial charge is 0.497 e. The lowest BCUT2D eigenvalue weighted by atomic mass is 9.96. The monoisotopic (exact) mass is 254 g/mol. The van der Waals surface area contributed by atoms with Gasteiger partial charge in [-0.25, -0.2) is 0 Å². The summed E-state index contributed by atoms with van der Waals surface area (Å²) in [6, 6.07) is 11.3. The number of ether oxygens (including phenoxy) is 1. The van der Waals surface area contributed by atoms with E-state index in [1.165, 1.54) is 5.56 Å². The maximum atomic E-state index is 12.5. The van der Waals surface area contributed by atoms with Crippen molar-refractivity contribution in [3.63, 3.8) is 0 Å². The molecule has 0 saturated carbocycles. The van der Waals surface area contributed by atoms with Crippen molar-refractivity contribution >= 4 is 5.78 Å². The third-order valence-electron chi connectivity index (χ3n) is 3.45. The summed E-state index contributed by atoms with van der Waals surface area (Å²) in [7, 11) is 1.62. The average molecular weight is 254 g/mol. The SMILES string of the molecule is COc1ccc(C(=O)c2ccc(C)c(C)c2)c(C)c1. The van der Waals surface area contributed by atoms with Gasteiger partial charge in [-0.3, -0.25) is 4.79 Å². The van der Waals surface area contributed by atoms with Crippen LogP contribution >= 0.6 is 0 Å². The summed E-state index contributed by atoms with van der Waals surface area (Å²) in [6.07, 6.45) is 0. The van der Waals surface area contributed by atoms with E-state index < -0.39 is 0 Å². The summed E-state index contributed by atoms with van der Waals surface area (Å²) in [5.41, 5.74) is 4.73. The van der Waals surface area contributed by atoms with E-state index in [-0.39, 0.29) is 5.78 Å². The first kappa shape index (κ1) is 13.3. The zero-order valence-electron chi connectivity index (χ0n) is 11.8. The summed E-state index contributed by atoms with van der Waals surface area (Å²) in [6.45, 7) is 5.99. The van der Waals surface area contributed by atoms with Crippen molar-refractivity contribution in [3.05, 3.63) is 64.2 Å². The molecule has 0 aliphatic carbocycles. The first-order chi connectivity index (χ1) is 9.02. The van der Waals surface area contributed by atoms with E-state index in [1.807, 2.05) is 57.2 Å². The summed E-state index contributed by atoms with van der Waals surface area (Å²) in [5, 5.41) is 0. The van der Waals surface area contributed by atoms with Crippen LogP contribution < -0.4 is 4.74 Å². The Kier molecular flexibility index (Phi) is 3.70. The van der Waals surface area contributed by atoms with Gasteiger partial charge in [0.05, 0.1) is 7.11 Å².